The summed E-state index contributed by atoms with van der Waals surface area (Å²) in [7, 11) is -0.550. The lowest BCUT2D eigenvalue weighted by atomic mass is 9.97. The quantitative estimate of drug-likeness (QED) is 0.694. The van der Waals surface area contributed by atoms with Gasteiger partial charge in [-0.25, -0.2) is 12.7 Å². The number of esters is 1. The molecule has 1 amide bonds. The number of carbonyl (C=O) groups is 2. The summed E-state index contributed by atoms with van der Waals surface area (Å²) in [5.74, 6) is -0.419. The minimum atomic E-state index is -3.49. The van der Waals surface area contributed by atoms with E-state index < -0.39 is 10.0 Å². The lowest BCUT2D eigenvalue weighted by Crippen LogP contribution is -2.41. The molecule has 0 aromatic heterocycles. The smallest absolute Gasteiger partial charge is 0.309 e. The maximum atomic E-state index is 12.2. The van der Waals surface area contributed by atoms with Gasteiger partial charge in [-0.05, 0) is 57.1 Å². The summed E-state index contributed by atoms with van der Waals surface area (Å²) in [6, 6.07) is 6.08. The van der Waals surface area contributed by atoms with Crippen LogP contribution in [0, 0.1) is 5.92 Å². The van der Waals surface area contributed by atoms with E-state index in [1.165, 1.54) is 26.2 Å². The highest BCUT2D eigenvalue weighted by Crippen LogP contribution is 2.19. The number of amides is 1. The van der Waals surface area contributed by atoms with Crippen LogP contribution in [0.15, 0.2) is 29.2 Å². The topological polar surface area (TPSA) is 96.0 Å². The van der Waals surface area contributed by atoms with Crippen molar-refractivity contribution in [3.63, 3.8) is 0 Å². The molecule has 0 radical (unpaired) electrons. The molecule has 1 fully saturated rings. The van der Waals surface area contributed by atoms with Crippen molar-refractivity contribution >= 4 is 27.6 Å². The Labute approximate surface area is 160 Å². The molecule has 1 aromatic carbocycles. The van der Waals surface area contributed by atoms with Crippen LogP contribution in [-0.2, 0) is 24.3 Å². The summed E-state index contributed by atoms with van der Waals surface area (Å²) < 4.78 is 30.3. The molecule has 0 aliphatic carbocycles. The van der Waals surface area contributed by atoms with Crippen LogP contribution in [0.25, 0.3) is 0 Å². The number of nitrogens with zero attached hydrogens (tertiary/aromatic N) is 2. The van der Waals surface area contributed by atoms with Gasteiger partial charge in [0.1, 0.15) is 0 Å². The van der Waals surface area contributed by atoms with Gasteiger partial charge in [-0.1, -0.05) is 0 Å². The Hall–Kier alpha value is -1.97. The third-order valence-electron chi connectivity index (χ3n) is 4.49. The first-order chi connectivity index (χ1) is 12.7. The highest BCUT2D eigenvalue weighted by atomic mass is 32.2. The Morgan fingerprint density at radius 3 is 2.30 bits per heavy atom. The Kier molecular flexibility index (Phi) is 7.34. The fourth-order valence-corrected chi connectivity index (χ4v) is 3.81. The molecule has 8 nitrogen and oxygen atoms in total. The second-order valence-electron chi connectivity index (χ2n) is 6.66. The third kappa shape index (κ3) is 5.75. The van der Waals surface area contributed by atoms with Gasteiger partial charge in [-0.15, -0.1) is 0 Å². The van der Waals surface area contributed by atoms with Gasteiger partial charge in [0.2, 0.25) is 15.9 Å². The van der Waals surface area contributed by atoms with E-state index in [1.54, 1.807) is 19.1 Å². The number of hydrogen-bond donors (Lipinski definition) is 1. The minimum Gasteiger partial charge on any atom is -0.466 e. The molecule has 1 heterocycles. The maximum absolute atomic E-state index is 12.2. The molecule has 0 atom stereocenters. The summed E-state index contributed by atoms with van der Waals surface area (Å²) in [6.45, 7) is 3.73. The number of nitrogens with one attached hydrogen (secondary N) is 1. The van der Waals surface area contributed by atoms with Gasteiger partial charge in [0.15, 0.2) is 0 Å². The number of carbonyl (C=O) groups excluding carboxylic acids is 2. The van der Waals surface area contributed by atoms with Gasteiger partial charge >= 0.3 is 5.97 Å². The molecule has 0 bridgehead atoms. The molecule has 2 rings (SSSR count). The average molecular weight is 397 g/mol. The standard InChI is InChI=1S/C18H27N3O5S/c1-4-26-18(23)14-9-11-21(12-10-14)13-17(22)19-15-5-7-16(8-6-15)27(24,25)20(2)3/h5-8,14H,4,9-13H2,1-3H3,(H,19,22). The van der Waals surface area contributed by atoms with Crippen LogP contribution in [0.3, 0.4) is 0 Å². The van der Waals surface area contributed by atoms with Crippen molar-refractivity contribution in [2.45, 2.75) is 24.7 Å². The summed E-state index contributed by atoms with van der Waals surface area (Å²) >= 11 is 0. The monoisotopic (exact) mass is 397 g/mol. The number of likely N-dealkylation sites (tertiary alicyclic amines) is 1. The van der Waals surface area contributed by atoms with E-state index in [9.17, 15) is 18.0 Å². The Balaban J connectivity index is 1.84. The minimum absolute atomic E-state index is 0.0875. The normalized spacial score (nSPS) is 16.3. The maximum Gasteiger partial charge on any atom is 0.309 e. The van der Waals surface area contributed by atoms with Crippen LogP contribution < -0.4 is 5.32 Å². The van der Waals surface area contributed by atoms with Gasteiger partial charge in [0, 0.05) is 19.8 Å². The first-order valence-corrected chi connectivity index (χ1v) is 10.4. The number of rotatable bonds is 7. The van der Waals surface area contributed by atoms with Crippen molar-refractivity contribution in [1.29, 1.82) is 0 Å². The molecule has 9 heteroatoms. The van der Waals surface area contributed by atoms with Crippen molar-refractivity contribution in [2.24, 2.45) is 5.92 Å². The Bertz CT molecular complexity index is 754. The largest absolute Gasteiger partial charge is 0.466 e. The summed E-state index contributed by atoms with van der Waals surface area (Å²) in [5, 5.41) is 2.77. The van der Waals surface area contributed by atoms with Crippen LogP contribution in [0.5, 0.6) is 0 Å². The number of piperidine rings is 1. The first kappa shape index (κ1) is 21.3. The predicted octanol–water partition coefficient (Wildman–Crippen LogP) is 1.15. The van der Waals surface area contributed by atoms with E-state index >= 15 is 0 Å². The van der Waals surface area contributed by atoms with Crippen LogP contribution in [-0.4, -0.2) is 69.8 Å². The molecular weight excluding hydrogens is 370 g/mol. The Morgan fingerprint density at radius 2 is 1.78 bits per heavy atom. The van der Waals surface area contributed by atoms with Gasteiger partial charge in [-0.3, -0.25) is 14.5 Å². The van der Waals surface area contributed by atoms with E-state index in [2.05, 4.69) is 5.32 Å². The van der Waals surface area contributed by atoms with Crippen molar-refractivity contribution in [3.05, 3.63) is 24.3 Å². The SMILES string of the molecule is CCOC(=O)C1CCN(CC(=O)Nc2ccc(S(=O)(=O)N(C)C)cc2)CC1. The molecule has 1 N–H and O–H groups in total. The van der Waals surface area contributed by atoms with Crippen molar-refractivity contribution in [2.75, 3.05) is 45.7 Å². The van der Waals surface area contributed by atoms with Crippen LogP contribution in [0.4, 0.5) is 5.69 Å². The van der Waals surface area contributed by atoms with E-state index in [1.807, 2.05) is 4.90 Å². The van der Waals surface area contributed by atoms with Gasteiger partial charge in [-0.2, -0.15) is 0 Å². The summed E-state index contributed by atoms with van der Waals surface area (Å²) in [5.41, 5.74) is 0.541. The summed E-state index contributed by atoms with van der Waals surface area (Å²) in [6.07, 6.45) is 1.37. The number of anilines is 1. The van der Waals surface area contributed by atoms with Crippen LogP contribution in [0.1, 0.15) is 19.8 Å². The van der Waals surface area contributed by atoms with E-state index in [4.69, 9.17) is 4.74 Å². The van der Waals surface area contributed by atoms with E-state index in [0.717, 1.165) is 4.31 Å². The lowest BCUT2D eigenvalue weighted by Gasteiger charge is -2.30. The molecule has 1 aliphatic rings. The fourth-order valence-electron chi connectivity index (χ4n) is 2.91. The van der Waals surface area contributed by atoms with Crippen LogP contribution >= 0.6 is 0 Å². The second kappa shape index (κ2) is 9.29. The van der Waals surface area contributed by atoms with Crippen molar-refractivity contribution in [1.82, 2.24) is 9.21 Å². The number of benzene rings is 1. The van der Waals surface area contributed by atoms with Crippen molar-refractivity contribution < 1.29 is 22.7 Å². The molecule has 1 aromatic rings. The molecule has 0 unspecified atom stereocenters. The average Bonchev–Trinajstić information content (AvgIpc) is 2.62. The molecule has 27 heavy (non-hydrogen) atoms. The predicted molar refractivity (Wildman–Crippen MR) is 102 cm³/mol. The molecular formula is C18H27N3O5S. The molecule has 0 spiro atoms. The number of hydrogen-bond acceptors (Lipinski definition) is 6. The number of sulfonamides is 1. The van der Waals surface area contributed by atoms with Gasteiger partial charge in [0.05, 0.1) is 24.0 Å². The summed E-state index contributed by atoms with van der Waals surface area (Å²) in [4.78, 5) is 26.1. The zero-order valence-electron chi connectivity index (χ0n) is 16.0. The number of ether oxygens (including phenoxy) is 1. The highest BCUT2D eigenvalue weighted by molar-refractivity contribution is 7.89. The zero-order chi connectivity index (χ0) is 20.0. The zero-order valence-corrected chi connectivity index (χ0v) is 16.8. The Morgan fingerprint density at radius 1 is 1.19 bits per heavy atom. The molecule has 1 aliphatic heterocycles. The fraction of sp³-hybridized carbons (Fsp3) is 0.556. The first-order valence-electron chi connectivity index (χ1n) is 8.95. The second-order valence-corrected chi connectivity index (χ2v) is 8.81. The van der Waals surface area contributed by atoms with Crippen molar-refractivity contribution in [3.8, 4) is 0 Å². The highest BCUT2D eigenvalue weighted by Gasteiger charge is 2.26. The molecule has 1 saturated heterocycles. The molecule has 0 saturated carbocycles. The van der Waals surface area contributed by atoms with Crippen LogP contribution in [0.2, 0.25) is 0 Å². The lowest BCUT2D eigenvalue weighted by molar-refractivity contribution is -0.149. The third-order valence-corrected chi connectivity index (χ3v) is 6.32. The van der Waals surface area contributed by atoms with E-state index in [-0.39, 0.29) is 29.2 Å². The van der Waals surface area contributed by atoms with Gasteiger partial charge < -0.3 is 10.1 Å². The van der Waals surface area contributed by atoms with Gasteiger partial charge in [0.25, 0.3) is 0 Å². The molecule has 150 valence electrons. The van der Waals surface area contributed by atoms with E-state index in [0.29, 0.717) is 38.2 Å².